The van der Waals surface area contributed by atoms with Crippen molar-refractivity contribution in [3.05, 3.63) is 114 Å². The van der Waals surface area contributed by atoms with Crippen LogP contribution in [0.25, 0.3) is 5.69 Å². The van der Waals surface area contributed by atoms with Gasteiger partial charge in [-0.05, 0) is 72.4 Å². The second-order valence-electron chi connectivity index (χ2n) is 7.89. The Kier molecular flexibility index (Phi) is 5.79. The Balaban J connectivity index is 1.58. The minimum Gasteiger partial charge on any atom is -0.497 e. The molecule has 33 heavy (non-hydrogen) atoms. The van der Waals surface area contributed by atoms with E-state index in [1.807, 2.05) is 65.4 Å². The van der Waals surface area contributed by atoms with Gasteiger partial charge in [0.1, 0.15) is 11.6 Å². The summed E-state index contributed by atoms with van der Waals surface area (Å²) in [5.74, 6) is 0.535. The summed E-state index contributed by atoms with van der Waals surface area (Å²) in [6, 6.07) is 24.2. The van der Waals surface area contributed by atoms with Gasteiger partial charge in [-0.3, -0.25) is 4.98 Å². The lowest BCUT2D eigenvalue weighted by Gasteiger charge is -2.29. The smallest absolute Gasteiger partial charge is 0.170 e. The van der Waals surface area contributed by atoms with E-state index < -0.39 is 0 Å². The van der Waals surface area contributed by atoms with E-state index in [0.29, 0.717) is 11.7 Å². The van der Waals surface area contributed by atoms with Gasteiger partial charge in [0, 0.05) is 30.3 Å². The lowest BCUT2D eigenvalue weighted by Crippen LogP contribution is -2.30. The Morgan fingerprint density at radius 1 is 1.03 bits per heavy atom. The predicted octanol–water partition coefficient (Wildman–Crippen LogP) is 5.19. The van der Waals surface area contributed by atoms with Crippen LogP contribution in [0.15, 0.2) is 91.3 Å². The standard InChI is InChI=1S/C26H23FN4OS/c1-32-21-12-10-18(11-13-21)17-31-25(24(29-26(31)33)22-8-2-3-14-28-22)23-9-5-15-30(23)20-7-4-6-19(27)16-20/h2-16,24-25H,17H2,1H3,(H,29,33). The number of rotatable bonds is 6. The summed E-state index contributed by atoms with van der Waals surface area (Å²) < 4.78 is 21.3. The Labute approximate surface area is 197 Å². The van der Waals surface area contributed by atoms with Crippen LogP contribution < -0.4 is 10.1 Å². The number of benzene rings is 2. The van der Waals surface area contributed by atoms with Crippen LogP contribution in [0.3, 0.4) is 0 Å². The van der Waals surface area contributed by atoms with Crippen LogP contribution in [0.4, 0.5) is 4.39 Å². The highest BCUT2D eigenvalue weighted by molar-refractivity contribution is 7.80. The van der Waals surface area contributed by atoms with Crippen molar-refractivity contribution in [3.8, 4) is 11.4 Å². The van der Waals surface area contributed by atoms with Crippen LogP contribution in [0.2, 0.25) is 0 Å². The van der Waals surface area contributed by atoms with Gasteiger partial charge in [-0.15, -0.1) is 0 Å². The SMILES string of the molecule is COc1ccc(CN2C(=S)NC(c3ccccn3)C2c2cccn2-c2cccc(F)c2)cc1. The summed E-state index contributed by atoms with van der Waals surface area (Å²) in [5, 5.41) is 4.13. The van der Waals surface area contributed by atoms with E-state index >= 15 is 0 Å². The van der Waals surface area contributed by atoms with Gasteiger partial charge in [0.05, 0.1) is 24.9 Å². The topological polar surface area (TPSA) is 42.3 Å². The molecule has 3 heterocycles. The minimum atomic E-state index is -0.274. The fourth-order valence-electron chi connectivity index (χ4n) is 4.32. The van der Waals surface area contributed by atoms with Crippen molar-refractivity contribution in [2.24, 2.45) is 0 Å². The molecule has 1 aliphatic heterocycles. The zero-order chi connectivity index (χ0) is 22.8. The third-order valence-corrected chi connectivity index (χ3v) is 6.23. The fraction of sp³-hybridized carbons (Fsp3) is 0.154. The molecule has 0 bridgehead atoms. The zero-order valence-electron chi connectivity index (χ0n) is 18.1. The third-order valence-electron chi connectivity index (χ3n) is 5.88. The van der Waals surface area contributed by atoms with Gasteiger partial charge in [0.2, 0.25) is 0 Å². The lowest BCUT2D eigenvalue weighted by atomic mass is 10.0. The second kappa shape index (κ2) is 9.03. The van der Waals surface area contributed by atoms with Gasteiger partial charge in [-0.2, -0.15) is 0 Å². The van der Waals surface area contributed by atoms with Gasteiger partial charge in [-0.25, -0.2) is 4.39 Å². The molecule has 7 heteroatoms. The Morgan fingerprint density at radius 3 is 2.61 bits per heavy atom. The van der Waals surface area contributed by atoms with E-state index in [2.05, 4.69) is 21.3 Å². The summed E-state index contributed by atoms with van der Waals surface area (Å²) in [6.07, 6.45) is 3.74. The van der Waals surface area contributed by atoms with Gasteiger partial charge in [0.25, 0.3) is 0 Å². The maximum Gasteiger partial charge on any atom is 0.170 e. The van der Waals surface area contributed by atoms with Crippen molar-refractivity contribution in [2.75, 3.05) is 7.11 Å². The molecule has 2 aromatic heterocycles. The highest BCUT2D eigenvalue weighted by atomic mass is 32.1. The maximum absolute atomic E-state index is 14.0. The normalized spacial score (nSPS) is 17.8. The van der Waals surface area contributed by atoms with E-state index in [-0.39, 0.29) is 17.9 Å². The quantitative estimate of drug-likeness (QED) is 0.403. The largest absolute Gasteiger partial charge is 0.497 e. The molecule has 1 saturated heterocycles. The highest BCUT2D eigenvalue weighted by Gasteiger charge is 2.41. The van der Waals surface area contributed by atoms with Crippen molar-refractivity contribution >= 4 is 17.3 Å². The van der Waals surface area contributed by atoms with Crippen LogP contribution in [-0.4, -0.2) is 26.7 Å². The Morgan fingerprint density at radius 2 is 1.88 bits per heavy atom. The summed E-state index contributed by atoms with van der Waals surface area (Å²) in [5.41, 5.74) is 3.76. The van der Waals surface area contributed by atoms with Crippen molar-refractivity contribution in [1.29, 1.82) is 0 Å². The Hall–Kier alpha value is -3.71. The molecule has 5 rings (SSSR count). The summed E-state index contributed by atoms with van der Waals surface area (Å²) in [4.78, 5) is 6.77. The molecule has 0 spiro atoms. The number of ether oxygens (including phenoxy) is 1. The molecule has 2 unspecified atom stereocenters. The van der Waals surface area contributed by atoms with Crippen molar-refractivity contribution < 1.29 is 9.13 Å². The van der Waals surface area contributed by atoms with Crippen LogP contribution >= 0.6 is 12.2 Å². The molecular formula is C26H23FN4OS. The molecule has 1 fully saturated rings. The first-order chi connectivity index (χ1) is 16.1. The molecule has 2 atom stereocenters. The molecule has 4 aromatic rings. The van der Waals surface area contributed by atoms with Gasteiger partial charge in [0.15, 0.2) is 5.11 Å². The van der Waals surface area contributed by atoms with E-state index in [9.17, 15) is 4.39 Å². The van der Waals surface area contributed by atoms with E-state index in [0.717, 1.165) is 28.4 Å². The fourth-order valence-corrected chi connectivity index (χ4v) is 4.63. The first-order valence-corrected chi connectivity index (χ1v) is 11.1. The highest BCUT2D eigenvalue weighted by Crippen LogP contribution is 2.40. The molecule has 1 N–H and O–H groups in total. The van der Waals surface area contributed by atoms with Crippen molar-refractivity contribution in [3.63, 3.8) is 0 Å². The van der Waals surface area contributed by atoms with Gasteiger partial charge < -0.3 is 19.5 Å². The number of nitrogens with one attached hydrogen (secondary N) is 1. The number of halogens is 1. The number of nitrogens with zero attached hydrogens (tertiary/aromatic N) is 3. The Bertz CT molecular complexity index is 1260. The number of hydrogen-bond acceptors (Lipinski definition) is 3. The summed E-state index contributed by atoms with van der Waals surface area (Å²) in [7, 11) is 1.66. The molecule has 0 radical (unpaired) electrons. The number of methoxy groups -OCH3 is 1. The number of hydrogen-bond donors (Lipinski definition) is 1. The average molecular weight is 459 g/mol. The van der Waals surface area contributed by atoms with E-state index in [1.54, 1.807) is 19.4 Å². The zero-order valence-corrected chi connectivity index (χ0v) is 18.9. The predicted molar refractivity (Wildman–Crippen MR) is 130 cm³/mol. The third kappa shape index (κ3) is 4.19. The average Bonchev–Trinajstić information content (AvgIpc) is 3.45. The first-order valence-electron chi connectivity index (χ1n) is 10.7. The van der Waals surface area contributed by atoms with Crippen LogP contribution in [0.5, 0.6) is 5.75 Å². The monoisotopic (exact) mass is 458 g/mol. The first kappa shape index (κ1) is 21.2. The lowest BCUT2D eigenvalue weighted by molar-refractivity contribution is 0.302. The molecule has 166 valence electrons. The van der Waals surface area contributed by atoms with Crippen LogP contribution in [-0.2, 0) is 6.54 Å². The maximum atomic E-state index is 14.0. The molecular weight excluding hydrogens is 435 g/mol. The minimum absolute atomic E-state index is 0.146. The van der Waals surface area contributed by atoms with Crippen LogP contribution in [0, 0.1) is 5.82 Å². The summed E-state index contributed by atoms with van der Waals surface area (Å²) in [6.45, 7) is 0.609. The molecule has 1 aliphatic rings. The number of aromatic nitrogens is 2. The van der Waals surface area contributed by atoms with Crippen molar-refractivity contribution in [2.45, 2.75) is 18.6 Å². The molecule has 5 nitrogen and oxygen atoms in total. The molecule has 0 aliphatic carbocycles. The second-order valence-corrected chi connectivity index (χ2v) is 8.27. The van der Waals surface area contributed by atoms with E-state index in [4.69, 9.17) is 17.0 Å². The van der Waals surface area contributed by atoms with Crippen molar-refractivity contribution in [1.82, 2.24) is 19.8 Å². The summed E-state index contributed by atoms with van der Waals surface area (Å²) >= 11 is 5.79. The number of thiocarbonyl (C=S) groups is 1. The van der Waals surface area contributed by atoms with Gasteiger partial charge >= 0.3 is 0 Å². The molecule has 2 aromatic carbocycles. The van der Waals surface area contributed by atoms with Gasteiger partial charge in [-0.1, -0.05) is 24.3 Å². The molecule has 0 amide bonds. The van der Waals surface area contributed by atoms with E-state index in [1.165, 1.54) is 12.1 Å². The number of pyridine rings is 1. The van der Waals surface area contributed by atoms with Crippen LogP contribution in [0.1, 0.15) is 29.0 Å². The molecule has 0 saturated carbocycles.